The molecule has 0 fully saturated rings. The quantitative estimate of drug-likeness (QED) is 0.256. The molecule has 3 nitrogen and oxygen atoms in total. The SMILES string of the molecule is CCCC[NH-].CCCC[NH-].CCCC[NH-].[CH3][Ge]([CH3])([F])[C]1=[C-]CC=C1.[Zr+4]. The molecule has 25 heavy (non-hydrogen) atoms. The standard InChI is InChI=1S/C7H10FGe.3C4H10N.Zr/c1-9(2,8)7-5-3-4-6-7;3*1-2-3-4-5;/h3,5H,4H2,1-2H3;3*5H,2-4H2,1H3;/q4*-1;+4. The van der Waals surface area contributed by atoms with Gasteiger partial charge in [-0.3, -0.25) is 0 Å². The van der Waals surface area contributed by atoms with Crippen molar-refractivity contribution in [1.29, 1.82) is 0 Å². The smallest absolute Gasteiger partial charge is 4.00 e. The normalized spacial score (nSPS) is 11.6. The van der Waals surface area contributed by atoms with Gasteiger partial charge in [-0.2, -0.15) is 19.6 Å². The van der Waals surface area contributed by atoms with Gasteiger partial charge in [0.25, 0.3) is 0 Å². The van der Waals surface area contributed by atoms with E-state index in [1.54, 1.807) is 11.5 Å². The fraction of sp³-hybridized carbons (Fsp3) is 0.789. The summed E-state index contributed by atoms with van der Waals surface area (Å²) in [7, 11) is 0. The van der Waals surface area contributed by atoms with E-state index in [0.717, 1.165) is 49.4 Å². The Kier molecular flexibility index (Phi) is 35.9. The molecule has 0 amide bonds. The first-order chi connectivity index (χ1) is 11.3. The first-order valence-corrected chi connectivity index (χ1v) is 15.3. The third-order valence-electron chi connectivity index (χ3n) is 2.93. The second kappa shape index (κ2) is 26.9. The molecule has 1 aliphatic carbocycles. The molecule has 0 spiro atoms. The zero-order valence-electron chi connectivity index (χ0n) is 17.1. The van der Waals surface area contributed by atoms with Crippen molar-refractivity contribution in [1.82, 2.24) is 0 Å². The minimum Gasteiger partial charge on any atom is 4.00 e. The molecule has 0 aromatic carbocycles. The molecule has 0 aromatic heterocycles. The summed E-state index contributed by atoms with van der Waals surface area (Å²) in [5.41, 5.74) is 19.8. The average molecular weight is 493 g/mol. The first-order valence-electron chi connectivity index (χ1n) is 9.25. The van der Waals surface area contributed by atoms with E-state index in [1.807, 2.05) is 12.2 Å². The molecule has 0 radical (unpaired) electrons. The van der Waals surface area contributed by atoms with Crippen molar-refractivity contribution < 1.29 is 29.7 Å². The van der Waals surface area contributed by atoms with Gasteiger partial charge < -0.3 is 17.2 Å². The zero-order valence-corrected chi connectivity index (χ0v) is 21.7. The molecule has 6 heteroatoms. The van der Waals surface area contributed by atoms with Gasteiger partial charge in [0.05, 0.1) is 0 Å². The molecular weight excluding hydrogens is 453 g/mol. The summed E-state index contributed by atoms with van der Waals surface area (Å²) < 4.78 is 14.0. The van der Waals surface area contributed by atoms with Crippen molar-refractivity contribution in [3.05, 3.63) is 39.8 Å². The second-order valence-corrected chi connectivity index (χ2v) is 13.3. The molecule has 0 aromatic rings. The Morgan fingerprint density at radius 2 is 1.28 bits per heavy atom. The van der Waals surface area contributed by atoms with E-state index < -0.39 is 13.7 Å². The van der Waals surface area contributed by atoms with Gasteiger partial charge >= 0.3 is 84.0 Å². The van der Waals surface area contributed by atoms with Crippen LogP contribution in [-0.2, 0) is 26.2 Å². The maximum atomic E-state index is 13.1. The number of unbranched alkanes of at least 4 members (excludes halogenated alkanes) is 3. The topological polar surface area (TPSA) is 71.4 Å². The van der Waals surface area contributed by atoms with E-state index >= 15 is 0 Å². The number of rotatable bonds is 7. The predicted octanol–water partition coefficient (Wildman–Crippen LogP) is 7.90. The zero-order chi connectivity index (χ0) is 19.3. The Hall–Kier alpha value is 0.716. The summed E-state index contributed by atoms with van der Waals surface area (Å²) in [6.45, 7) is 8.06. The van der Waals surface area contributed by atoms with Gasteiger partial charge in [-0.15, -0.1) is 0 Å². The maximum Gasteiger partial charge on any atom is 4.00 e. The Balaban J connectivity index is -0.000000122. The van der Waals surface area contributed by atoms with Crippen LogP contribution in [0.15, 0.2) is 16.6 Å². The van der Waals surface area contributed by atoms with Crippen LogP contribution in [0.1, 0.15) is 65.7 Å². The Morgan fingerprint density at radius 3 is 1.36 bits per heavy atom. The van der Waals surface area contributed by atoms with Crippen molar-refractivity contribution in [2.24, 2.45) is 0 Å². The number of allylic oxidation sites excluding steroid dienone is 4. The van der Waals surface area contributed by atoms with Crippen molar-refractivity contribution >= 4 is 13.7 Å². The molecule has 1 aliphatic rings. The molecule has 0 unspecified atom stereocenters. The van der Waals surface area contributed by atoms with Crippen molar-refractivity contribution in [3.8, 4) is 0 Å². The Morgan fingerprint density at radius 1 is 0.920 bits per heavy atom. The fourth-order valence-corrected chi connectivity index (χ4v) is 3.52. The average Bonchev–Trinajstić information content (AvgIpc) is 3.06. The third kappa shape index (κ3) is 32.8. The number of hydrogen-bond acceptors (Lipinski definition) is 0. The van der Waals surface area contributed by atoms with E-state index in [9.17, 15) is 3.50 Å². The van der Waals surface area contributed by atoms with E-state index in [2.05, 4.69) is 26.8 Å². The summed E-state index contributed by atoms with van der Waals surface area (Å²) >= 11 is -2.96. The molecule has 0 saturated carbocycles. The van der Waals surface area contributed by atoms with Gasteiger partial charge in [0.15, 0.2) is 0 Å². The third-order valence-corrected chi connectivity index (χ3v) is 6.33. The van der Waals surface area contributed by atoms with Gasteiger partial charge in [0, 0.05) is 0 Å². The Labute approximate surface area is 179 Å². The molecule has 0 bridgehead atoms. The molecule has 0 aliphatic heterocycles. The summed E-state index contributed by atoms with van der Waals surface area (Å²) in [4.78, 5) is 0. The van der Waals surface area contributed by atoms with Gasteiger partial charge in [0.2, 0.25) is 0 Å². The largest absolute Gasteiger partial charge is 4.00 e. The van der Waals surface area contributed by atoms with Crippen molar-refractivity contribution in [2.45, 2.75) is 77.2 Å². The van der Waals surface area contributed by atoms with Gasteiger partial charge in [-0.05, 0) is 0 Å². The molecule has 0 heterocycles. The van der Waals surface area contributed by atoms with Crippen LogP contribution in [0.4, 0.5) is 3.50 Å². The minimum absolute atomic E-state index is 0. The maximum absolute atomic E-state index is 13.1. The van der Waals surface area contributed by atoms with E-state index in [0.29, 0.717) is 19.6 Å². The van der Waals surface area contributed by atoms with Crippen LogP contribution in [0.5, 0.6) is 0 Å². The number of hydrogen-bond donors (Lipinski definition) is 0. The predicted molar refractivity (Wildman–Crippen MR) is 111 cm³/mol. The van der Waals surface area contributed by atoms with Crippen LogP contribution in [0, 0.1) is 6.08 Å². The van der Waals surface area contributed by atoms with Crippen LogP contribution in [0.3, 0.4) is 0 Å². The van der Waals surface area contributed by atoms with Crippen LogP contribution in [0.25, 0.3) is 17.2 Å². The fourth-order valence-electron chi connectivity index (χ4n) is 1.34. The summed E-state index contributed by atoms with van der Waals surface area (Å²) in [6.07, 6.45) is 14.3. The van der Waals surface area contributed by atoms with E-state index in [4.69, 9.17) is 17.2 Å². The molecule has 1 rings (SSSR count). The molecule has 0 saturated heterocycles. The molecular formula is C19H40FGeN3Zr. The van der Waals surface area contributed by atoms with E-state index in [-0.39, 0.29) is 26.2 Å². The van der Waals surface area contributed by atoms with E-state index in [1.165, 1.54) is 0 Å². The van der Waals surface area contributed by atoms with Gasteiger partial charge in [-0.25, -0.2) is 0 Å². The first kappa shape index (κ1) is 33.3. The monoisotopic (exact) mass is 493 g/mol. The number of nitrogens with one attached hydrogen (secondary N) is 3. The number of halogens is 1. The van der Waals surface area contributed by atoms with Crippen molar-refractivity contribution in [3.63, 3.8) is 0 Å². The molecule has 0 atom stereocenters. The van der Waals surface area contributed by atoms with Crippen LogP contribution in [0.2, 0.25) is 11.5 Å². The van der Waals surface area contributed by atoms with Gasteiger partial charge in [-0.1, -0.05) is 59.3 Å². The summed E-state index contributed by atoms with van der Waals surface area (Å²) in [5, 5.41) is 0. The van der Waals surface area contributed by atoms with Crippen molar-refractivity contribution in [2.75, 3.05) is 19.6 Å². The van der Waals surface area contributed by atoms with Crippen LogP contribution in [-0.4, -0.2) is 33.4 Å². The summed E-state index contributed by atoms with van der Waals surface area (Å²) in [5.74, 6) is 3.47. The molecule has 3 N–H and O–H groups in total. The van der Waals surface area contributed by atoms with Crippen LogP contribution >= 0.6 is 0 Å². The summed E-state index contributed by atoms with van der Waals surface area (Å²) in [6, 6.07) is 0. The van der Waals surface area contributed by atoms with Gasteiger partial charge in [0.1, 0.15) is 0 Å². The minimum atomic E-state index is -2.96. The van der Waals surface area contributed by atoms with Crippen LogP contribution < -0.4 is 0 Å². The molecule has 146 valence electrons. The Bertz CT molecular complexity index is 273. The second-order valence-electron chi connectivity index (χ2n) is 5.98.